The van der Waals surface area contributed by atoms with Crippen LogP contribution >= 0.6 is 0 Å². The highest BCUT2D eigenvalue weighted by molar-refractivity contribution is 6.00. The summed E-state index contributed by atoms with van der Waals surface area (Å²) in [6.45, 7) is 6.15. The van der Waals surface area contributed by atoms with Gasteiger partial charge in [-0.2, -0.15) is 0 Å². The number of non-ortho nitro benzene ring substituents is 1. The number of anilines is 1. The highest BCUT2D eigenvalue weighted by Crippen LogP contribution is 2.24. The van der Waals surface area contributed by atoms with Crippen molar-refractivity contribution in [3.8, 4) is 0 Å². The first-order valence-electron chi connectivity index (χ1n) is 10.2. The third kappa shape index (κ3) is 5.77. The number of rotatable bonds is 8. The number of nitrogens with zero attached hydrogens (tertiary/aromatic N) is 4. The van der Waals surface area contributed by atoms with Crippen LogP contribution in [0.15, 0.2) is 48.5 Å². The number of carbonyl (C=O) groups is 1. The standard InChI is InChI=1S/C22H29N5O3/c1-24(2)21-9-8-19(27(29)30)16-20(21)22(28)23-10-11-25-12-14-26(15-13-25)17-18-6-4-3-5-7-18/h3-9,16H,10-15,17H2,1-2H3,(H,23,28). The van der Waals surface area contributed by atoms with Gasteiger partial charge in [0.25, 0.3) is 11.6 Å². The van der Waals surface area contributed by atoms with Gasteiger partial charge in [-0.05, 0) is 11.6 Å². The average Bonchev–Trinajstić information content (AvgIpc) is 2.75. The van der Waals surface area contributed by atoms with Crippen LogP contribution in [0.3, 0.4) is 0 Å². The van der Waals surface area contributed by atoms with Crippen molar-refractivity contribution in [1.29, 1.82) is 0 Å². The van der Waals surface area contributed by atoms with Crippen molar-refractivity contribution < 1.29 is 9.72 Å². The summed E-state index contributed by atoms with van der Waals surface area (Å²) < 4.78 is 0. The van der Waals surface area contributed by atoms with Gasteiger partial charge in [0.2, 0.25) is 0 Å². The minimum absolute atomic E-state index is 0.0831. The predicted octanol–water partition coefficient (Wildman–Crippen LogP) is 2.21. The topological polar surface area (TPSA) is 82.0 Å². The van der Waals surface area contributed by atoms with Gasteiger partial charge in [-0.15, -0.1) is 0 Å². The molecule has 1 N–H and O–H groups in total. The normalized spacial score (nSPS) is 15.0. The third-order valence-corrected chi connectivity index (χ3v) is 5.34. The summed E-state index contributed by atoms with van der Waals surface area (Å²) in [6, 6.07) is 14.8. The quantitative estimate of drug-likeness (QED) is 0.530. The van der Waals surface area contributed by atoms with E-state index in [0.29, 0.717) is 17.8 Å². The van der Waals surface area contributed by atoms with Gasteiger partial charge in [-0.3, -0.25) is 24.7 Å². The number of carbonyl (C=O) groups excluding carboxylic acids is 1. The summed E-state index contributed by atoms with van der Waals surface area (Å²) >= 11 is 0. The lowest BCUT2D eigenvalue weighted by Crippen LogP contribution is -2.48. The molecule has 1 aliphatic rings. The largest absolute Gasteiger partial charge is 0.377 e. The van der Waals surface area contributed by atoms with Gasteiger partial charge >= 0.3 is 0 Å². The maximum atomic E-state index is 12.7. The van der Waals surface area contributed by atoms with E-state index < -0.39 is 4.92 Å². The molecule has 1 fully saturated rings. The van der Waals surface area contributed by atoms with Crippen LogP contribution < -0.4 is 10.2 Å². The van der Waals surface area contributed by atoms with Crippen molar-refractivity contribution in [2.24, 2.45) is 0 Å². The van der Waals surface area contributed by atoms with Crippen molar-refractivity contribution in [3.05, 3.63) is 69.8 Å². The summed E-state index contributed by atoms with van der Waals surface area (Å²) in [5.74, 6) is -0.287. The zero-order chi connectivity index (χ0) is 21.5. The lowest BCUT2D eigenvalue weighted by Gasteiger charge is -2.34. The molecule has 0 radical (unpaired) electrons. The lowest BCUT2D eigenvalue weighted by atomic mass is 10.1. The number of piperazine rings is 1. The highest BCUT2D eigenvalue weighted by atomic mass is 16.6. The maximum Gasteiger partial charge on any atom is 0.270 e. The van der Waals surface area contributed by atoms with E-state index in [1.807, 2.05) is 20.2 Å². The molecular formula is C22H29N5O3. The van der Waals surface area contributed by atoms with E-state index in [9.17, 15) is 14.9 Å². The van der Waals surface area contributed by atoms with Gasteiger partial charge in [0, 0.05) is 77.7 Å². The van der Waals surface area contributed by atoms with Crippen molar-refractivity contribution in [2.45, 2.75) is 6.54 Å². The molecule has 0 spiro atoms. The van der Waals surface area contributed by atoms with Gasteiger partial charge < -0.3 is 10.2 Å². The Bertz CT molecular complexity index is 864. The zero-order valence-corrected chi connectivity index (χ0v) is 17.6. The first-order chi connectivity index (χ1) is 14.4. The summed E-state index contributed by atoms with van der Waals surface area (Å²) in [4.78, 5) is 29.8. The smallest absolute Gasteiger partial charge is 0.270 e. The summed E-state index contributed by atoms with van der Waals surface area (Å²) in [5, 5.41) is 14.0. The number of nitrogens with one attached hydrogen (secondary N) is 1. The van der Waals surface area contributed by atoms with Crippen molar-refractivity contribution in [3.63, 3.8) is 0 Å². The Morgan fingerprint density at radius 3 is 2.37 bits per heavy atom. The van der Waals surface area contributed by atoms with Gasteiger partial charge in [0.15, 0.2) is 0 Å². The number of nitro benzene ring substituents is 1. The fraction of sp³-hybridized carbons (Fsp3) is 0.409. The molecule has 1 heterocycles. The monoisotopic (exact) mass is 411 g/mol. The molecule has 8 nitrogen and oxygen atoms in total. The van der Waals surface area contributed by atoms with Gasteiger partial charge in [-0.1, -0.05) is 30.3 Å². The molecule has 0 aliphatic carbocycles. The Balaban J connectivity index is 1.47. The van der Waals surface area contributed by atoms with E-state index in [2.05, 4.69) is 39.4 Å². The van der Waals surface area contributed by atoms with E-state index >= 15 is 0 Å². The van der Waals surface area contributed by atoms with Gasteiger partial charge in [-0.25, -0.2) is 0 Å². The maximum absolute atomic E-state index is 12.7. The van der Waals surface area contributed by atoms with Crippen LogP contribution in [0.1, 0.15) is 15.9 Å². The molecule has 3 rings (SSSR count). The van der Waals surface area contributed by atoms with Crippen molar-refractivity contribution >= 4 is 17.3 Å². The fourth-order valence-electron chi connectivity index (χ4n) is 3.64. The van der Waals surface area contributed by atoms with E-state index in [0.717, 1.165) is 39.3 Å². The summed E-state index contributed by atoms with van der Waals surface area (Å²) in [5.41, 5.74) is 2.22. The molecule has 0 saturated carbocycles. The molecular weight excluding hydrogens is 382 g/mol. The van der Waals surface area contributed by atoms with Crippen molar-refractivity contribution in [1.82, 2.24) is 15.1 Å². The Morgan fingerprint density at radius 1 is 1.07 bits per heavy atom. The van der Waals surface area contributed by atoms with E-state index in [4.69, 9.17) is 0 Å². The molecule has 0 unspecified atom stereocenters. The molecule has 1 amide bonds. The Labute approximate surface area is 177 Å². The summed E-state index contributed by atoms with van der Waals surface area (Å²) in [6.07, 6.45) is 0. The third-order valence-electron chi connectivity index (χ3n) is 5.34. The number of benzene rings is 2. The van der Waals surface area contributed by atoms with Crippen LogP contribution in [0.2, 0.25) is 0 Å². The highest BCUT2D eigenvalue weighted by Gasteiger charge is 2.19. The molecule has 2 aromatic rings. The second-order valence-corrected chi connectivity index (χ2v) is 7.71. The first kappa shape index (κ1) is 21.7. The second kappa shape index (κ2) is 10.2. The number of nitro groups is 1. The van der Waals surface area contributed by atoms with Crippen LogP contribution in [-0.4, -0.2) is 74.0 Å². The van der Waals surface area contributed by atoms with Gasteiger partial charge in [0.05, 0.1) is 10.5 Å². The molecule has 0 aromatic heterocycles. The minimum atomic E-state index is -0.481. The molecule has 2 aromatic carbocycles. The average molecular weight is 412 g/mol. The van der Waals surface area contributed by atoms with Crippen LogP contribution in [0.5, 0.6) is 0 Å². The van der Waals surface area contributed by atoms with Crippen LogP contribution in [0.4, 0.5) is 11.4 Å². The Hall–Kier alpha value is -2.97. The molecule has 1 aliphatic heterocycles. The SMILES string of the molecule is CN(C)c1ccc([N+](=O)[O-])cc1C(=O)NCCN1CCN(Cc2ccccc2)CC1. The molecule has 160 valence electrons. The number of hydrogen-bond donors (Lipinski definition) is 1. The first-order valence-corrected chi connectivity index (χ1v) is 10.2. The minimum Gasteiger partial charge on any atom is -0.377 e. The molecule has 1 saturated heterocycles. The zero-order valence-electron chi connectivity index (χ0n) is 17.6. The van der Waals surface area contributed by atoms with Crippen molar-refractivity contribution in [2.75, 3.05) is 58.3 Å². The lowest BCUT2D eigenvalue weighted by molar-refractivity contribution is -0.384. The van der Waals surface area contributed by atoms with E-state index in [-0.39, 0.29) is 11.6 Å². The van der Waals surface area contributed by atoms with E-state index in [1.54, 1.807) is 11.0 Å². The number of amides is 1. The van der Waals surface area contributed by atoms with Crippen LogP contribution in [-0.2, 0) is 6.54 Å². The predicted molar refractivity (Wildman–Crippen MR) is 118 cm³/mol. The Morgan fingerprint density at radius 2 is 1.73 bits per heavy atom. The van der Waals surface area contributed by atoms with Crippen LogP contribution in [0, 0.1) is 10.1 Å². The molecule has 8 heteroatoms. The Kier molecular flexibility index (Phi) is 7.37. The van der Waals surface area contributed by atoms with E-state index in [1.165, 1.54) is 17.7 Å². The molecule has 0 atom stereocenters. The van der Waals surface area contributed by atoms with Crippen LogP contribution in [0.25, 0.3) is 0 Å². The summed E-state index contributed by atoms with van der Waals surface area (Å²) in [7, 11) is 3.62. The van der Waals surface area contributed by atoms with Gasteiger partial charge in [0.1, 0.15) is 0 Å². The molecule has 0 bridgehead atoms. The fourth-order valence-corrected chi connectivity index (χ4v) is 3.64. The second-order valence-electron chi connectivity index (χ2n) is 7.71. The number of hydrogen-bond acceptors (Lipinski definition) is 6. The molecule has 30 heavy (non-hydrogen) atoms.